The minimum absolute atomic E-state index is 0.395. The zero-order valence-corrected chi connectivity index (χ0v) is 12.5. The molecule has 5 heteroatoms. The average molecular weight is 286 g/mol. The number of fused-ring (bicyclic) bond motifs is 1. The van der Waals surface area contributed by atoms with E-state index in [-0.39, 0.29) is 0 Å². The predicted molar refractivity (Wildman–Crippen MR) is 81.5 cm³/mol. The molecule has 2 aliphatic rings. The summed E-state index contributed by atoms with van der Waals surface area (Å²) in [4.78, 5) is 11.9. The van der Waals surface area contributed by atoms with Crippen LogP contribution in [0.1, 0.15) is 37.0 Å². The van der Waals surface area contributed by atoms with E-state index < -0.39 is 0 Å². The van der Waals surface area contributed by atoms with Gasteiger partial charge in [-0.05, 0) is 45.0 Å². The second kappa shape index (κ2) is 5.39. The van der Waals surface area contributed by atoms with Gasteiger partial charge in [-0.1, -0.05) is 0 Å². The number of ether oxygens (including phenoxy) is 1. The Balaban J connectivity index is 1.80. The van der Waals surface area contributed by atoms with Crippen molar-refractivity contribution in [2.45, 2.75) is 31.2 Å². The molecule has 0 spiro atoms. The first-order valence-corrected chi connectivity index (χ1v) is 7.92. The van der Waals surface area contributed by atoms with Crippen LogP contribution in [0.15, 0.2) is 18.3 Å². The summed E-state index contributed by atoms with van der Waals surface area (Å²) in [5.41, 5.74) is 2.05. The number of hydrogen-bond donors (Lipinski definition) is 0. The van der Waals surface area contributed by atoms with E-state index in [4.69, 9.17) is 9.72 Å². The summed E-state index contributed by atoms with van der Waals surface area (Å²) in [6.07, 6.45) is 5.41. The van der Waals surface area contributed by atoms with Gasteiger partial charge in [-0.2, -0.15) is 0 Å². The first-order chi connectivity index (χ1) is 10.3. The highest BCUT2D eigenvalue weighted by molar-refractivity contribution is 5.71. The first-order valence-electron chi connectivity index (χ1n) is 7.92. The number of likely N-dealkylation sites (N-methyl/N-ethyl adjacent to an activating group) is 1. The summed E-state index contributed by atoms with van der Waals surface area (Å²) in [6, 6.07) is 4.44. The van der Waals surface area contributed by atoms with Crippen LogP contribution in [0.4, 0.5) is 0 Å². The lowest BCUT2D eigenvalue weighted by atomic mass is 9.97. The monoisotopic (exact) mass is 286 g/mol. The summed E-state index contributed by atoms with van der Waals surface area (Å²) in [7, 11) is 2.20. The van der Waals surface area contributed by atoms with Crippen molar-refractivity contribution in [3.05, 3.63) is 24.2 Å². The van der Waals surface area contributed by atoms with Crippen LogP contribution in [0.2, 0.25) is 0 Å². The molecule has 0 bridgehead atoms. The number of rotatable bonds is 2. The maximum Gasteiger partial charge on any atom is 0.160 e. The van der Waals surface area contributed by atoms with Crippen molar-refractivity contribution >= 4 is 11.2 Å². The highest BCUT2D eigenvalue weighted by Gasteiger charge is 2.29. The smallest absolute Gasteiger partial charge is 0.160 e. The zero-order chi connectivity index (χ0) is 14.2. The van der Waals surface area contributed by atoms with Crippen LogP contribution >= 0.6 is 0 Å². The van der Waals surface area contributed by atoms with Crippen molar-refractivity contribution in [2.75, 3.05) is 33.4 Å². The number of imidazole rings is 1. The molecule has 0 aliphatic carbocycles. The van der Waals surface area contributed by atoms with Gasteiger partial charge in [0.05, 0.1) is 12.6 Å². The first kappa shape index (κ1) is 13.2. The maximum atomic E-state index is 5.61. The second-order valence-corrected chi connectivity index (χ2v) is 6.30. The minimum atomic E-state index is 0.395. The Kier molecular flexibility index (Phi) is 3.39. The molecule has 21 heavy (non-hydrogen) atoms. The van der Waals surface area contributed by atoms with Crippen molar-refractivity contribution in [3.63, 3.8) is 0 Å². The molecule has 0 radical (unpaired) electrons. The molecule has 4 heterocycles. The Morgan fingerprint density at radius 3 is 3.10 bits per heavy atom. The fraction of sp³-hybridized carbons (Fsp3) is 0.625. The molecule has 0 N–H and O–H groups in total. The van der Waals surface area contributed by atoms with E-state index in [1.165, 1.54) is 25.2 Å². The van der Waals surface area contributed by atoms with Gasteiger partial charge in [0.1, 0.15) is 11.3 Å². The van der Waals surface area contributed by atoms with Crippen molar-refractivity contribution in [1.29, 1.82) is 0 Å². The molecule has 2 aromatic heterocycles. The molecule has 112 valence electrons. The van der Waals surface area contributed by atoms with Crippen LogP contribution in [-0.4, -0.2) is 52.8 Å². The van der Waals surface area contributed by atoms with Crippen molar-refractivity contribution < 1.29 is 4.74 Å². The molecule has 0 aromatic carbocycles. The van der Waals surface area contributed by atoms with E-state index in [0.717, 1.165) is 37.3 Å². The molecule has 2 aliphatic heterocycles. The fourth-order valence-corrected chi connectivity index (χ4v) is 3.70. The number of hydrogen-bond acceptors (Lipinski definition) is 4. The molecule has 0 amide bonds. The van der Waals surface area contributed by atoms with Crippen LogP contribution < -0.4 is 0 Å². The van der Waals surface area contributed by atoms with Crippen molar-refractivity contribution in [2.24, 2.45) is 0 Å². The molecule has 0 saturated carbocycles. The van der Waals surface area contributed by atoms with Crippen LogP contribution in [0.3, 0.4) is 0 Å². The van der Waals surface area contributed by atoms with E-state index in [0.29, 0.717) is 12.0 Å². The summed E-state index contributed by atoms with van der Waals surface area (Å²) < 4.78 is 7.97. The van der Waals surface area contributed by atoms with Gasteiger partial charge in [0.15, 0.2) is 5.65 Å². The normalized spacial score (nSPS) is 27.5. The number of nitrogens with zero attached hydrogens (tertiary/aromatic N) is 4. The van der Waals surface area contributed by atoms with E-state index in [1.807, 2.05) is 12.3 Å². The van der Waals surface area contributed by atoms with Gasteiger partial charge in [-0.15, -0.1) is 0 Å². The molecule has 2 atom stereocenters. The van der Waals surface area contributed by atoms with E-state index >= 15 is 0 Å². The van der Waals surface area contributed by atoms with Gasteiger partial charge in [-0.3, -0.25) is 0 Å². The summed E-state index contributed by atoms with van der Waals surface area (Å²) in [5, 5.41) is 0. The predicted octanol–water partition coefficient (Wildman–Crippen LogP) is 2.20. The third-order valence-corrected chi connectivity index (χ3v) is 4.74. The lowest BCUT2D eigenvalue weighted by Gasteiger charge is -2.30. The Labute approximate surface area is 124 Å². The summed E-state index contributed by atoms with van der Waals surface area (Å²) in [6.45, 7) is 3.93. The maximum absolute atomic E-state index is 5.61. The van der Waals surface area contributed by atoms with E-state index in [2.05, 4.69) is 27.6 Å². The Hall–Kier alpha value is -1.46. The SMILES string of the molecule is CN1CCCC(c2nc3cccnc3n2C2CCOC2)C1. The van der Waals surface area contributed by atoms with Crippen molar-refractivity contribution in [1.82, 2.24) is 19.4 Å². The molecule has 2 aromatic rings. The van der Waals surface area contributed by atoms with Crippen LogP contribution in [0.5, 0.6) is 0 Å². The van der Waals surface area contributed by atoms with Crippen LogP contribution in [0, 0.1) is 0 Å². The van der Waals surface area contributed by atoms with Gasteiger partial charge in [-0.25, -0.2) is 9.97 Å². The Morgan fingerprint density at radius 2 is 2.29 bits per heavy atom. The molecule has 4 rings (SSSR count). The third kappa shape index (κ3) is 2.34. The lowest BCUT2D eigenvalue weighted by Crippen LogP contribution is -2.32. The summed E-state index contributed by atoms with van der Waals surface area (Å²) in [5.74, 6) is 1.73. The number of likely N-dealkylation sites (tertiary alicyclic amines) is 1. The summed E-state index contributed by atoms with van der Waals surface area (Å²) >= 11 is 0. The van der Waals surface area contributed by atoms with Gasteiger partial charge < -0.3 is 14.2 Å². The quantitative estimate of drug-likeness (QED) is 0.849. The minimum Gasteiger partial charge on any atom is -0.379 e. The van der Waals surface area contributed by atoms with Gasteiger partial charge in [0.2, 0.25) is 0 Å². The molecule has 2 saturated heterocycles. The third-order valence-electron chi connectivity index (χ3n) is 4.74. The second-order valence-electron chi connectivity index (χ2n) is 6.30. The average Bonchev–Trinajstić information content (AvgIpc) is 3.14. The molecular weight excluding hydrogens is 264 g/mol. The number of piperidine rings is 1. The standard InChI is InChI=1S/C16H22N4O/c1-19-8-3-4-12(10-19)15-18-14-5-2-7-17-16(14)20(15)13-6-9-21-11-13/h2,5,7,12-13H,3-4,6,8-11H2,1H3. The van der Waals surface area contributed by atoms with E-state index in [9.17, 15) is 0 Å². The fourth-order valence-electron chi connectivity index (χ4n) is 3.70. The molecule has 2 fully saturated rings. The Morgan fingerprint density at radius 1 is 1.33 bits per heavy atom. The van der Waals surface area contributed by atoms with Gasteiger partial charge in [0.25, 0.3) is 0 Å². The lowest BCUT2D eigenvalue weighted by molar-refractivity contribution is 0.185. The van der Waals surface area contributed by atoms with Gasteiger partial charge >= 0.3 is 0 Å². The van der Waals surface area contributed by atoms with Crippen LogP contribution in [0.25, 0.3) is 11.2 Å². The largest absolute Gasteiger partial charge is 0.379 e. The van der Waals surface area contributed by atoms with Gasteiger partial charge in [0, 0.05) is 25.3 Å². The molecule has 2 unspecified atom stereocenters. The van der Waals surface area contributed by atoms with E-state index in [1.54, 1.807) is 0 Å². The number of aromatic nitrogens is 3. The molecular formula is C16H22N4O. The zero-order valence-electron chi connectivity index (χ0n) is 12.5. The Bertz CT molecular complexity index is 632. The topological polar surface area (TPSA) is 43.2 Å². The molecule has 5 nitrogen and oxygen atoms in total. The van der Waals surface area contributed by atoms with Crippen molar-refractivity contribution in [3.8, 4) is 0 Å². The van der Waals surface area contributed by atoms with Crippen LogP contribution in [-0.2, 0) is 4.74 Å². The highest BCUT2D eigenvalue weighted by Crippen LogP contribution is 2.32. The number of pyridine rings is 1. The highest BCUT2D eigenvalue weighted by atomic mass is 16.5.